The lowest BCUT2D eigenvalue weighted by molar-refractivity contribution is 0.666. The standard InChI is InChI=1S/C51H32N4O/c1-4-14-33(15-5-1)34-24-26-35(27-25-34)39-30-43-42-21-11-13-23-47(42)56-48(43)46(32-39)55-44-22-12-10-20-40(44)41-29-28-38(31-45(41)55)51-53-49(36-16-6-2-7-17-36)52-50(54-51)37-18-8-3-9-19-37/h1-32H. The molecule has 0 fully saturated rings. The maximum atomic E-state index is 6.76. The first kappa shape index (κ1) is 31.9. The molecule has 5 heteroatoms. The molecule has 0 N–H and O–H groups in total. The van der Waals surface area contributed by atoms with Crippen molar-refractivity contribution in [1.29, 1.82) is 0 Å². The molecule has 0 spiro atoms. The van der Waals surface area contributed by atoms with Gasteiger partial charge in [0.25, 0.3) is 0 Å². The molecule has 0 aliphatic carbocycles. The number of furan rings is 1. The Balaban J connectivity index is 1.16. The summed E-state index contributed by atoms with van der Waals surface area (Å²) >= 11 is 0. The third-order valence-corrected chi connectivity index (χ3v) is 10.7. The highest BCUT2D eigenvalue weighted by Crippen LogP contribution is 2.42. The van der Waals surface area contributed by atoms with Crippen LogP contribution in [0, 0.1) is 0 Å². The van der Waals surface area contributed by atoms with Gasteiger partial charge in [0.2, 0.25) is 0 Å². The van der Waals surface area contributed by atoms with E-state index >= 15 is 0 Å². The summed E-state index contributed by atoms with van der Waals surface area (Å²) < 4.78 is 9.11. The van der Waals surface area contributed by atoms with Crippen molar-refractivity contribution in [3.63, 3.8) is 0 Å². The van der Waals surface area contributed by atoms with Crippen LogP contribution in [0.15, 0.2) is 199 Å². The molecule has 11 rings (SSSR count). The second-order valence-electron chi connectivity index (χ2n) is 14.0. The second kappa shape index (κ2) is 13.0. The van der Waals surface area contributed by atoms with Gasteiger partial charge in [-0.25, -0.2) is 15.0 Å². The lowest BCUT2D eigenvalue weighted by Crippen LogP contribution is -2.00. The van der Waals surface area contributed by atoms with Crippen LogP contribution < -0.4 is 0 Å². The van der Waals surface area contributed by atoms with Gasteiger partial charge in [0.1, 0.15) is 5.58 Å². The number of aromatic nitrogens is 4. The quantitative estimate of drug-likeness (QED) is 0.172. The fraction of sp³-hybridized carbons (Fsp3) is 0. The molecule has 0 saturated carbocycles. The minimum Gasteiger partial charge on any atom is -0.454 e. The van der Waals surface area contributed by atoms with Gasteiger partial charge in [-0.05, 0) is 52.6 Å². The first-order chi connectivity index (χ1) is 27.7. The van der Waals surface area contributed by atoms with Crippen molar-refractivity contribution < 1.29 is 4.42 Å². The zero-order chi connectivity index (χ0) is 37.0. The van der Waals surface area contributed by atoms with Gasteiger partial charge in [0.15, 0.2) is 23.1 Å². The highest BCUT2D eigenvalue weighted by Gasteiger charge is 2.21. The van der Waals surface area contributed by atoms with Gasteiger partial charge in [-0.2, -0.15) is 0 Å². The SMILES string of the molecule is c1ccc(-c2ccc(-c3cc(-n4c5ccccc5c5ccc(-c6nc(-c7ccccc7)nc(-c7ccccc7)n6)cc54)c4oc5ccccc5c4c3)cc2)cc1. The van der Waals surface area contributed by atoms with Crippen molar-refractivity contribution in [2.45, 2.75) is 0 Å². The highest BCUT2D eigenvalue weighted by molar-refractivity contribution is 6.14. The predicted molar refractivity (Wildman–Crippen MR) is 229 cm³/mol. The predicted octanol–water partition coefficient (Wildman–Crippen LogP) is 13.2. The van der Waals surface area contributed by atoms with Crippen LogP contribution in [0.25, 0.3) is 106 Å². The molecule has 0 amide bonds. The summed E-state index contributed by atoms with van der Waals surface area (Å²) in [5.74, 6) is 1.87. The number of hydrogen-bond acceptors (Lipinski definition) is 4. The molecule has 0 atom stereocenters. The molecule has 0 aliphatic heterocycles. The van der Waals surface area contributed by atoms with Crippen molar-refractivity contribution in [3.05, 3.63) is 194 Å². The van der Waals surface area contributed by atoms with Crippen LogP contribution in [-0.4, -0.2) is 19.5 Å². The maximum Gasteiger partial charge on any atom is 0.164 e. The molecular weight excluding hydrogens is 685 g/mol. The minimum absolute atomic E-state index is 0.609. The van der Waals surface area contributed by atoms with Crippen molar-refractivity contribution in [1.82, 2.24) is 19.5 Å². The van der Waals surface area contributed by atoms with E-state index in [9.17, 15) is 0 Å². The zero-order valence-corrected chi connectivity index (χ0v) is 30.2. The summed E-state index contributed by atoms with van der Waals surface area (Å²) in [6, 6.07) is 67.5. The summed E-state index contributed by atoms with van der Waals surface area (Å²) in [6.07, 6.45) is 0. The Labute approximate surface area is 322 Å². The summed E-state index contributed by atoms with van der Waals surface area (Å²) in [6.45, 7) is 0. The van der Waals surface area contributed by atoms with E-state index in [1.54, 1.807) is 0 Å². The topological polar surface area (TPSA) is 56.7 Å². The molecule has 5 nitrogen and oxygen atoms in total. The van der Waals surface area contributed by atoms with Crippen molar-refractivity contribution in [2.75, 3.05) is 0 Å². The van der Waals surface area contributed by atoms with Crippen molar-refractivity contribution >= 4 is 43.7 Å². The summed E-state index contributed by atoms with van der Waals surface area (Å²) in [5.41, 5.74) is 12.2. The Morgan fingerprint density at radius 2 is 0.804 bits per heavy atom. The number of benzene rings is 8. The average Bonchev–Trinajstić information content (AvgIpc) is 3.82. The van der Waals surface area contributed by atoms with Crippen LogP contribution >= 0.6 is 0 Å². The summed E-state index contributed by atoms with van der Waals surface area (Å²) in [5, 5.41) is 4.44. The molecule has 3 aromatic heterocycles. The van der Waals surface area contributed by atoms with Gasteiger partial charge >= 0.3 is 0 Å². The molecule has 0 saturated heterocycles. The minimum atomic E-state index is 0.609. The molecule has 11 aromatic rings. The van der Waals surface area contributed by atoms with Crippen LogP contribution in [0.1, 0.15) is 0 Å². The highest BCUT2D eigenvalue weighted by atomic mass is 16.3. The molecule has 8 aromatic carbocycles. The number of para-hydroxylation sites is 2. The van der Waals surface area contributed by atoms with Crippen molar-refractivity contribution in [2.24, 2.45) is 0 Å². The van der Waals surface area contributed by atoms with E-state index in [0.29, 0.717) is 17.5 Å². The number of hydrogen-bond donors (Lipinski definition) is 0. The van der Waals surface area contributed by atoms with Crippen molar-refractivity contribution in [3.8, 4) is 62.1 Å². The number of rotatable bonds is 6. The van der Waals surface area contributed by atoms with E-state index in [4.69, 9.17) is 19.4 Å². The molecule has 0 bridgehead atoms. The lowest BCUT2D eigenvalue weighted by Gasteiger charge is -2.13. The molecule has 0 aliphatic rings. The van der Waals surface area contributed by atoms with E-state index in [1.807, 2.05) is 72.8 Å². The van der Waals surface area contributed by atoms with E-state index < -0.39 is 0 Å². The third-order valence-electron chi connectivity index (χ3n) is 10.7. The summed E-state index contributed by atoms with van der Waals surface area (Å²) in [7, 11) is 0. The molecule has 56 heavy (non-hydrogen) atoms. The van der Waals surface area contributed by atoms with Gasteiger partial charge in [-0.3, -0.25) is 0 Å². The first-order valence-electron chi connectivity index (χ1n) is 18.8. The molecule has 3 heterocycles. The normalized spacial score (nSPS) is 11.6. The van der Waals surface area contributed by atoms with Gasteiger partial charge in [-0.1, -0.05) is 164 Å². The Kier molecular flexibility index (Phi) is 7.42. The van der Waals surface area contributed by atoms with Crippen LogP contribution in [-0.2, 0) is 0 Å². The van der Waals surface area contributed by atoms with E-state index in [1.165, 1.54) is 11.1 Å². The Bertz CT molecular complexity index is 3160. The van der Waals surface area contributed by atoms with Gasteiger partial charge in [-0.15, -0.1) is 0 Å². The molecule has 262 valence electrons. The van der Waals surface area contributed by atoms with Crippen LogP contribution in [0.2, 0.25) is 0 Å². The van der Waals surface area contributed by atoms with E-state index in [-0.39, 0.29) is 0 Å². The van der Waals surface area contributed by atoms with Crippen LogP contribution in [0.5, 0.6) is 0 Å². The van der Waals surface area contributed by atoms with Crippen LogP contribution in [0.4, 0.5) is 0 Å². The Hall–Kier alpha value is -7.63. The largest absolute Gasteiger partial charge is 0.454 e. The molecule has 0 radical (unpaired) electrons. The number of nitrogens with zero attached hydrogens (tertiary/aromatic N) is 4. The monoisotopic (exact) mass is 716 g/mol. The average molecular weight is 717 g/mol. The fourth-order valence-corrected chi connectivity index (χ4v) is 7.93. The summed E-state index contributed by atoms with van der Waals surface area (Å²) in [4.78, 5) is 15.1. The Morgan fingerprint density at radius 1 is 0.321 bits per heavy atom. The fourth-order valence-electron chi connectivity index (χ4n) is 7.93. The third kappa shape index (κ3) is 5.37. The second-order valence-corrected chi connectivity index (χ2v) is 14.0. The lowest BCUT2D eigenvalue weighted by atomic mass is 9.98. The van der Waals surface area contributed by atoms with Gasteiger partial charge in [0.05, 0.1) is 16.7 Å². The molecule has 0 unspecified atom stereocenters. The Morgan fingerprint density at radius 3 is 1.46 bits per heavy atom. The molecular formula is C51H32N4O. The smallest absolute Gasteiger partial charge is 0.164 e. The van der Waals surface area contributed by atoms with Gasteiger partial charge < -0.3 is 8.98 Å². The van der Waals surface area contributed by atoms with E-state index in [2.05, 4.69) is 126 Å². The van der Waals surface area contributed by atoms with E-state index in [0.717, 1.165) is 77.2 Å². The first-order valence-corrected chi connectivity index (χ1v) is 18.8. The van der Waals surface area contributed by atoms with Crippen LogP contribution in [0.3, 0.4) is 0 Å². The van der Waals surface area contributed by atoms with Gasteiger partial charge in [0, 0.05) is 38.2 Å². The number of fused-ring (bicyclic) bond motifs is 6. The zero-order valence-electron chi connectivity index (χ0n) is 30.2. The maximum absolute atomic E-state index is 6.76.